The summed E-state index contributed by atoms with van der Waals surface area (Å²) in [5.41, 5.74) is 0.482. The molecule has 1 heterocycles. The van der Waals surface area contributed by atoms with E-state index in [4.69, 9.17) is 0 Å². The molecule has 0 saturated carbocycles. The van der Waals surface area contributed by atoms with E-state index in [1.54, 1.807) is 18.2 Å². The maximum absolute atomic E-state index is 11.8. The van der Waals surface area contributed by atoms with Crippen molar-refractivity contribution in [2.45, 2.75) is 26.1 Å². The van der Waals surface area contributed by atoms with E-state index in [9.17, 15) is 13.2 Å². The third-order valence-electron chi connectivity index (χ3n) is 1.88. The minimum absolute atomic E-state index is 0.138. The van der Waals surface area contributed by atoms with Gasteiger partial charge in [-0.05, 0) is 18.6 Å². The third kappa shape index (κ3) is 6.11. The second-order valence-electron chi connectivity index (χ2n) is 3.55. The molecule has 96 valence electrons. The summed E-state index contributed by atoms with van der Waals surface area (Å²) in [4.78, 5) is 4.13. The van der Waals surface area contributed by atoms with Gasteiger partial charge in [-0.25, -0.2) is 4.98 Å². The first-order valence-corrected chi connectivity index (χ1v) is 5.35. The summed E-state index contributed by atoms with van der Waals surface area (Å²) >= 11 is 0. The van der Waals surface area contributed by atoms with Crippen LogP contribution in [0.3, 0.4) is 0 Å². The molecule has 0 aliphatic rings. The molecule has 1 aromatic heterocycles. The molecule has 0 radical (unpaired) electrons. The zero-order valence-electron chi connectivity index (χ0n) is 9.55. The van der Waals surface area contributed by atoms with Crippen LogP contribution in [0.1, 0.15) is 19.0 Å². The monoisotopic (exact) mass is 248 g/mol. The van der Waals surface area contributed by atoms with E-state index in [0.717, 1.165) is 13.0 Å². The zero-order chi connectivity index (χ0) is 12.7. The number of aromatic nitrogens is 1. The molecule has 0 aliphatic heterocycles. The Kier molecular flexibility index (Phi) is 5.21. The van der Waals surface area contributed by atoms with Crippen LogP contribution < -0.4 is 5.32 Å². The number of rotatable bonds is 6. The average molecular weight is 248 g/mol. The number of nitrogens with one attached hydrogen (secondary N) is 1. The number of alkyl halides is 3. The van der Waals surface area contributed by atoms with E-state index in [-0.39, 0.29) is 6.61 Å². The molecule has 1 aromatic rings. The number of hydrogen-bond donors (Lipinski definition) is 1. The Hall–Kier alpha value is -1.30. The Morgan fingerprint density at radius 3 is 2.76 bits per heavy atom. The largest absolute Gasteiger partial charge is 0.411 e. The molecule has 0 spiro atoms. The average Bonchev–Trinajstić information content (AvgIpc) is 2.25. The van der Waals surface area contributed by atoms with Crippen LogP contribution in [-0.4, -0.2) is 24.3 Å². The Labute approximate surface area is 98.0 Å². The van der Waals surface area contributed by atoms with Crippen molar-refractivity contribution in [1.82, 2.24) is 4.98 Å². The second-order valence-corrected chi connectivity index (χ2v) is 3.55. The molecule has 1 N–H and O–H groups in total. The van der Waals surface area contributed by atoms with Crippen LogP contribution in [-0.2, 0) is 11.3 Å². The predicted molar refractivity (Wildman–Crippen MR) is 58.7 cm³/mol. The summed E-state index contributed by atoms with van der Waals surface area (Å²) in [7, 11) is 0. The fraction of sp³-hybridized carbons (Fsp3) is 0.545. The van der Waals surface area contributed by atoms with E-state index in [2.05, 4.69) is 15.0 Å². The van der Waals surface area contributed by atoms with Gasteiger partial charge < -0.3 is 10.1 Å². The van der Waals surface area contributed by atoms with Crippen molar-refractivity contribution >= 4 is 5.82 Å². The van der Waals surface area contributed by atoms with E-state index >= 15 is 0 Å². The fourth-order valence-corrected chi connectivity index (χ4v) is 1.18. The standard InChI is InChI=1S/C11H15F3N2O/c1-2-6-15-10-5-3-4-9(16-10)7-17-8-11(12,13)14/h3-5H,2,6-8H2,1H3,(H,15,16). The molecule has 0 aliphatic carbocycles. The van der Waals surface area contributed by atoms with Gasteiger partial charge in [-0.1, -0.05) is 13.0 Å². The maximum Gasteiger partial charge on any atom is 0.411 e. The summed E-state index contributed by atoms with van der Waals surface area (Å²) in [5.74, 6) is 0.653. The molecular formula is C11H15F3N2O. The van der Waals surface area contributed by atoms with Gasteiger partial charge in [0, 0.05) is 6.54 Å². The van der Waals surface area contributed by atoms with E-state index < -0.39 is 12.8 Å². The van der Waals surface area contributed by atoms with Crippen LogP contribution in [0.5, 0.6) is 0 Å². The first-order valence-electron chi connectivity index (χ1n) is 5.35. The number of hydrogen-bond acceptors (Lipinski definition) is 3. The van der Waals surface area contributed by atoms with Crippen molar-refractivity contribution < 1.29 is 17.9 Å². The minimum Gasteiger partial charge on any atom is -0.370 e. The van der Waals surface area contributed by atoms with Crippen molar-refractivity contribution in [3.63, 3.8) is 0 Å². The van der Waals surface area contributed by atoms with Gasteiger partial charge in [-0.2, -0.15) is 13.2 Å². The molecule has 0 saturated heterocycles. The highest BCUT2D eigenvalue weighted by Gasteiger charge is 2.27. The lowest BCUT2D eigenvalue weighted by Crippen LogP contribution is -2.17. The molecule has 1 rings (SSSR count). The van der Waals surface area contributed by atoms with Gasteiger partial charge in [0.05, 0.1) is 12.3 Å². The smallest absolute Gasteiger partial charge is 0.370 e. The van der Waals surface area contributed by atoms with Crippen molar-refractivity contribution in [3.05, 3.63) is 23.9 Å². The van der Waals surface area contributed by atoms with E-state index in [0.29, 0.717) is 11.5 Å². The molecule has 0 amide bonds. The van der Waals surface area contributed by atoms with Gasteiger partial charge >= 0.3 is 6.18 Å². The van der Waals surface area contributed by atoms with Crippen LogP contribution >= 0.6 is 0 Å². The number of nitrogens with zero attached hydrogens (tertiary/aromatic N) is 1. The molecular weight excluding hydrogens is 233 g/mol. The number of ether oxygens (including phenoxy) is 1. The topological polar surface area (TPSA) is 34.1 Å². The molecule has 0 bridgehead atoms. The molecule has 6 heteroatoms. The molecule has 0 fully saturated rings. The number of anilines is 1. The SMILES string of the molecule is CCCNc1cccc(COCC(F)(F)F)n1. The Balaban J connectivity index is 2.43. The predicted octanol–water partition coefficient (Wildman–Crippen LogP) is 2.98. The van der Waals surface area contributed by atoms with Crippen molar-refractivity contribution in [1.29, 1.82) is 0 Å². The Morgan fingerprint density at radius 1 is 1.35 bits per heavy atom. The highest BCUT2D eigenvalue weighted by atomic mass is 19.4. The molecule has 0 aromatic carbocycles. The van der Waals surface area contributed by atoms with Crippen LogP contribution in [0.4, 0.5) is 19.0 Å². The Morgan fingerprint density at radius 2 is 2.12 bits per heavy atom. The van der Waals surface area contributed by atoms with Crippen molar-refractivity contribution in [3.8, 4) is 0 Å². The third-order valence-corrected chi connectivity index (χ3v) is 1.88. The summed E-state index contributed by atoms with van der Waals surface area (Å²) in [6.45, 7) is 1.41. The highest BCUT2D eigenvalue weighted by molar-refractivity contribution is 5.34. The molecule has 3 nitrogen and oxygen atoms in total. The minimum atomic E-state index is -4.29. The maximum atomic E-state index is 11.8. The fourth-order valence-electron chi connectivity index (χ4n) is 1.18. The van der Waals surface area contributed by atoms with Crippen LogP contribution in [0.2, 0.25) is 0 Å². The normalized spacial score (nSPS) is 11.5. The van der Waals surface area contributed by atoms with Gasteiger partial charge in [0.25, 0.3) is 0 Å². The lowest BCUT2D eigenvalue weighted by Gasteiger charge is -2.08. The van der Waals surface area contributed by atoms with Crippen LogP contribution in [0, 0.1) is 0 Å². The highest BCUT2D eigenvalue weighted by Crippen LogP contribution is 2.15. The van der Waals surface area contributed by atoms with Gasteiger partial charge in [0.2, 0.25) is 0 Å². The first kappa shape index (κ1) is 13.8. The first-order chi connectivity index (χ1) is 8.01. The van der Waals surface area contributed by atoms with Crippen LogP contribution in [0.15, 0.2) is 18.2 Å². The summed E-state index contributed by atoms with van der Waals surface area (Å²) in [6.07, 6.45) is -3.34. The van der Waals surface area contributed by atoms with Gasteiger partial charge in [0.1, 0.15) is 12.4 Å². The summed E-state index contributed by atoms with van der Waals surface area (Å²) < 4.78 is 40.1. The Bertz CT molecular complexity index is 342. The van der Waals surface area contributed by atoms with Crippen LogP contribution in [0.25, 0.3) is 0 Å². The van der Waals surface area contributed by atoms with Gasteiger partial charge in [0.15, 0.2) is 0 Å². The molecule has 17 heavy (non-hydrogen) atoms. The quantitative estimate of drug-likeness (QED) is 0.840. The van der Waals surface area contributed by atoms with E-state index in [1.807, 2.05) is 6.92 Å². The van der Waals surface area contributed by atoms with Gasteiger partial charge in [-0.3, -0.25) is 0 Å². The summed E-state index contributed by atoms with van der Waals surface area (Å²) in [5, 5.41) is 3.05. The molecule has 0 unspecified atom stereocenters. The van der Waals surface area contributed by atoms with E-state index in [1.165, 1.54) is 0 Å². The van der Waals surface area contributed by atoms with Crippen molar-refractivity contribution in [2.24, 2.45) is 0 Å². The summed E-state index contributed by atoms with van der Waals surface area (Å²) in [6, 6.07) is 5.13. The zero-order valence-corrected chi connectivity index (χ0v) is 9.55. The second kappa shape index (κ2) is 6.44. The van der Waals surface area contributed by atoms with Crippen molar-refractivity contribution in [2.75, 3.05) is 18.5 Å². The lowest BCUT2D eigenvalue weighted by molar-refractivity contribution is -0.176. The van der Waals surface area contributed by atoms with Gasteiger partial charge in [-0.15, -0.1) is 0 Å². The number of halogens is 3. The number of pyridine rings is 1. The molecule has 0 atom stereocenters. The lowest BCUT2D eigenvalue weighted by atomic mass is 10.3.